The topological polar surface area (TPSA) is 114 Å². The van der Waals surface area contributed by atoms with Crippen molar-refractivity contribution >= 4 is 23.8 Å². The van der Waals surface area contributed by atoms with E-state index in [9.17, 15) is 19.2 Å². The Morgan fingerprint density at radius 2 is 1.96 bits per heavy atom. The molecular weight excluding hydrogens is 330 g/mol. The summed E-state index contributed by atoms with van der Waals surface area (Å²) in [5.41, 5.74) is 0.362. The van der Waals surface area contributed by atoms with Gasteiger partial charge in [0.05, 0.1) is 6.61 Å². The zero-order chi connectivity index (χ0) is 18.2. The van der Waals surface area contributed by atoms with Gasteiger partial charge in [-0.2, -0.15) is 0 Å². The molecule has 9 heteroatoms. The van der Waals surface area contributed by atoms with E-state index in [0.717, 1.165) is 4.90 Å². The molecule has 0 aliphatic carbocycles. The van der Waals surface area contributed by atoms with E-state index in [1.54, 1.807) is 24.3 Å². The van der Waals surface area contributed by atoms with Crippen LogP contribution in [0.4, 0.5) is 4.79 Å². The highest BCUT2D eigenvalue weighted by molar-refractivity contribution is 5.98. The van der Waals surface area contributed by atoms with Crippen molar-refractivity contribution in [3.8, 4) is 5.75 Å². The maximum absolute atomic E-state index is 11.9. The number of hydrogen-bond donors (Lipinski definition) is 2. The predicted octanol–water partition coefficient (Wildman–Crippen LogP) is -0.0899. The monoisotopic (exact) mass is 349 g/mol. The molecule has 0 aromatic heterocycles. The molecule has 2 N–H and O–H groups in total. The van der Waals surface area contributed by atoms with Crippen molar-refractivity contribution in [2.75, 3.05) is 32.8 Å². The molecule has 134 valence electrons. The average molecular weight is 349 g/mol. The van der Waals surface area contributed by atoms with Crippen molar-refractivity contribution in [3.05, 3.63) is 29.8 Å². The Morgan fingerprint density at radius 3 is 2.56 bits per heavy atom. The van der Waals surface area contributed by atoms with Gasteiger partial charge in [0.2, 0.25) is 0 Å². The molecule has 1 aromatic carbocycles. The lowest BCUT2D eigenvalue weighted by Crippen LogP contribution is -2.38. The number of rotatable bonds is 7. The third-order valence-electron chi connectivity index (χ3n) is 3.34. The number of carbonyl (C=O) groups is 4. The van der Waals surface area contributed by atoms with E-state index in [1.165, 1.54) is 0 Å². The minimum Gasteiger partial charge on any atom is -0.494 e. The molecule has 0 atom stereocenters. The van der Waals surface area contributed by atoms with Crippen LogP contribution >= 0.6 is 0 Å². The molecule has 1 heterocycles. The molecule has 1 aromatic rings. The van der Waals surface area contributed by atoms with E-state index in [1.807, 2.05) is 6.92 Å². The van der Waals surface area contributed by atoms with E-state index < -0.39 is 30.4 Å². The van der Waals surface area contributed by atoms with E-state index in [4.69, 9.17) is 9.47 Å². The van der Waals surface area contributed by atoms with Crippen LogP contribution in [0.1, 0.15) is 17.3 Å². The van der Waals surface area contributed by atoms with Gasteiger partial charge >= 0.3 is 12.0 Å². The zero-order valence-electron chi connectivity index (χ0n) is 13.7. The second-order valence-electron chi connectivity index (χ2n) is 5.08. The fourth-order valence-electron chi connectivity index (χ4n) is 2.10. The van der Waals surface area contributed by atoms with Crippen LogP contribution < -0.4 is 15.4 Å². The molecule has 9 nitrogen and oxygen atoms in total. The van der Waals surface area contributed by atoms with Gasteiger partial charge < -0.3 is 20.1 Å². The molecule has 4 amide bonds. The number of hydrogen-bond acceptors (Lipinski definition) is 6. The van der Waals surface area contributed by atoms with Crippen LogP contribution in [0.2, 0.25) is 0 Å². The number of benzene rings is 1. The van der Waals surface area contributed by atoms with Crippen LogP contribution in [-0.2, 0) is 14.3 Å². The molecule has 0 bridgehead atoms. The number of amides is 4. The number of nitrogens with zero attached hydrogens (tertiary/aromatic N) is 1. The maximum Gasteiger partial charge on any atom is 0.325 e. The summed E-state index contributed by atoms with van der Waals surface area (Å²) in [5, 5.41) is 4.86. The lowest BCUT2D eigenvalue weighted by Gasteiger charge is -2.12. The number of carbonyl (C=O) groups excluding carboxylic acids is 4. The van der Waals surface area contributed by atoms with Gasteiger partial charge in [-0.05, 0) is 31.2 Å². The largest absolute Gasteiger partial charge is 0.494 e. The van der Waals surface area contributed by atoms with Gasteiger partial charge in [-0.3, -0.25) is 19.3 Å². The lowest BCUT2D eigenvalue weighted by molar-refractivity contribution is -0.149. The van der Waals surface area contributed by atoms with Crippen LogP contribution in [0.15, 0.2) is 24.3 Å². The maximum atomic E-state index is 11.9. The van der Waals surface area contributed by atoms with E-state index in [2.05, 4.69) is 10.6 Å². The first-order chi connectivity index (χ1) is 12.0. The van der Waals surface area contributed by atoms with Crippen LogP contribution in [0, 0.1) is 0 Å². The summed E-state index contributed by atoms with van der Waals surface area (Å²) in [4.78, 5) is 47.5. The normalized spacial score (nSPS) is 13.2. The Balaban J connectivity index is 1.72. The summed E-state index contributed by atoms with van der Waals surface area (Å²) in [6.07, 6.45) is 0. The van der Waals surface area contributed by atoms with E-state index >= 15 is 0 Å². The number of ether oxygens (including phenoxy) is 2. The molecule has 0 saturated carbocycles. The average Bonchev–Trinajstić information content (AvgIpc) is 3.04. The smallest absolute Gasteiger partial charge is 0.325 e. The second-order valence-corrected chi connectivity index (χ2v) is 5.08. The van der Waals surface area contributed by atoms with Crippen molar-refractivity contribution in [2.24, 2.45) is 0 Å². The molecule has 0 spiro atoms. The minimum atomic E-state index is -0.771. The van der Waals surface area contributed by atoms with Crippen molar-refractivity contribution in [1.29, 1.82) is 0 Å². The molecule has 2 rings (SSSR count). The lowest BCUT2D eigenvalue weighted by atomic mass is 10.2. The van der Waals surface area contributed by atoms with Gasteiger partial charge in [-0.25, -0.2) is 4.79 Å². The zero-order valence-corrected chi connectivity index (χ0v) is 13.7. The van der Waals surface area contributed by atoms with Gasteiger partial charge in [0.25, 0.3) is 11.8 Å². The summed E-state index contributed by atoms with van der Waals surface area (Å²) in [5.74, 6) is -1.19. The minimum absolute atomic E-state index is 0.240. The summed E-state index contributed by atoms with van der Waals surface area (Å²) in [7, 11) is 0. The van der Waals surface area contributed by atoms with Crippen molar-refractivity contribution in [3.63, 3.8) is 0 Å². The molecular formula is C16H19N3O6. The molecule has 1 aliphatic heterocycles. The third kappa shape index (κ3) is 5.20. The predicted molar refractivity (Wildman–Crippen MR) is 86.0 cm³/mol. The number of urea groups is 1. The highest BCUT2D eigenvalue weighted by atomic mass is 16.5. The fraction of sp³-hybridized carbons (Fsp3) is 0.375. The van der Waals surface area contributed by atoms with Crippen LogP contribution in [0.5, 0.6) is 5.75 Å². The Morgan fingerprint density at radius 1 is 1.24 bits per heavy atom. The highest BCUT2D eigenvalue weighted by Crippen LogP contribution is 2.11. The van der Waals surface area contributed by atoms with Crippen molar-refractivity contribution in [1.82, 2.24) is 15.5 Å². The molecule has 1 aliphatic rings. The van der Waals surface area contributed by atoms with Gasteiger partial charge in [0.1, 0.15) is 12.3 Å². The van der Waals surface area contributed by atoms with Gasteiger partial charge in [-0.15, -0.1) is 0 Å². The third-order valence-corrected chi connectivity index (χ3v) is 3.34. The molecule has 25 heavy (non-hydrogen) atoms. The molecule has 1 fully saturated rings. The van der Waals surface area contributed by atoms with E-state index in [0.29, 0.717) is 24.5 Å². The van der Waals surface area contributed by atoms with Crippen molar-refractivity contribution < 1.29 is 28.7 Å². The number of esters is 1. The first-order valence-corrected chi connectivity index (χ1v) is 7.76. The van der Waals surface area contributed by atoms with Crippen molar-refractivity contribution in [2.45, 2.75) is 6.92 Å². The summed E-state index contributed by atoms with van der Waals surface area (Å²) in [6.45, 7) is 2.05. The van der Waals surface area contributed by atoms with Gasteiger partial charge in [0, 0.05) is 18.7 Å². The molecule has 0 unspecified atom stereocenters. The summed E-state index contributed by atoms with van der Waals surface area (Å²) < 4.78 is 10.0. The highest BCUT2D eigenvalue weighted by Gasteiger charge is 2.26. The van der Waals surface area contributed by atoms with Crippen LogP contribution in [-0.4, -0.2) is 61.6 Å². The Labute approximate surface area is 144 Å². The summed E-state index contributed by atoms with van der Waals surface area (Å²) >= 11 is 0. The van der Waals surface area contributed by atoms with E-state index in [-0.39, 0.29) is 13.1 Å². The van der Waals surface area contributed by atoms with Gasteiger partial charge in [-0.1, -0.05) is 0 Å². The fourth-order valence-corrected chi connectivity index (χ4v) is 2.10. The first-order valence-electron chi connectivity index (χ1n) is 7.76. The first kappa shape index (κ1) is 18.2. The van der Waals surface area contributed by atoms with Gasteiger partial charge in [0.15, 0.2) is 6.61 Å². The van der Waals surface area contributed by atoms with Crippen LogP contribution in [0.25, 0.3) is 0 Å². The van der Waals surface area contributed by atoms with Crippen LogP contribution in [0.3, 0.4) is 0 Å². The Kier molecular flexibility index (Phi) is 6.33. The second kappa shape index (κ2) is 8.67. The standard InChI is InChI=1S/C16H19N3O6/c1-2-24-12-5-3-11(4-6-12)15(22)18-9-14(21)25-10-13(20)19-8-7-17-16(19)23/h3-6H,2,7-10H2,1H3,(H,17,23)(H,18,22). The number of imide groups is 1. The quantitative estimate of drug-likeness (QED) is 0.665. The Bertz CT molecular complexity index is 658. The SMILES string of the molecule is CCOc1ccc(C(=O)NCC(=O)OCC(=O)N2CCNC2=O)cc1. The molecule has 0 radical (unpaired) electrons. The molecule has 1 saturated heterocycles. The number of nitrogens with one attached hydrogen (secondary N) is 2. The summed E-state index contributed by atoms with van der Waals surface area (Å²) in [6, 6.07) is 5.93. The Hall–Kier alpha value is -3.10.